The SMILES string of the molecule is Cc1nn(CC(=O)NCC2CCCO2)c(C)c1I. The number of carbonyl (C=O) groups excluding carboxylic acids is 1. The summed E-state index contributed by atoms with van der Waals surface area (Å²) in [5.41, 5.74) is 2.01. The molecule has 1 fully saturated rings. The maximum absolute atomic E-state index is 11.8. The molecule has 1 aromatic heterocycles. The second kappa shape index (κ2) is 6.01. The Balaban J connectivity index is 1.84. The Kier molecular flexibility index (Phi) is 4.60. The molecular formula is C12H18IN3O2. The molecule has 1 aliphatic rings. The van der Waals surface area contributed by atoms with Gasteiger partial charge >= 0.3 is 0 Å². The molecular weight excluding hydrogens is 345 g/mol. The highest BCUT2D eigenvalue weighted by atomic mass is 127. The van der Waals surface area contributed by atoms with Crippen LogP contribution in [-0.4, -0.2) is 34.9 Å². The zero-order chi connectivity index (χ0) is 13.1. The number of rotatable bonds is 4. The van der Waals surface area contributed by atoms with E-state index in [0.29, 0.717) is 6.54 Å². The standard InChI is InChI=1S/C12H18IN3O2/c1-8-12(13)9(2)16(15-8)7-11(17)14-6-10-4-3-5-18-10/h10H,3-7H2,1-2H3,(H,14,17). The molecule has 6 heteroatoms. The first-order chi connectivity index (χ1) is 8.58. The van der Waals surface area contributed by atoms with E-state index >= 15 is 0 Å². The molecule has 0 aromatic carbocycles. The average molecular weight is 363 g/mol. The maximum Gasteiger partial charge on any atom is 0.241 e. The van der Waals surface area contributed by atoms with Gasteiger partial charge < -0.3 is 10.1 Å². The molecule has 100 valence electrons. The lowest BCUT2D eigenvalue weighted by molar-refractivity contribution is -0.122. The van der Waals surface area contributed by atoms with E-state index < -0.39 is 0 Å². The molecule has 1 aliphatic heterocycles. The Bertz CT molecular complexity index is 439. The summed E-state index contributed by atoms with van der Waals surface area (Å²) in [4.78, 5) is 11.8. The number of ether oxygens (including phenoxy) is 1. The Hall–Kier alpha value is -0.630. The predicted octanol–water partition coefficient (Wildman–Crippen LogP) is 1.40. The van der Waals surface area contributed by atoms with E-state index in [1.54, 1.807) is 4.68 Å². The molecule has 18 heavy (non-hydrogen) atoms. The Labute approximate surface area is 120 Å². The zero-order valence-corrected chi connectivity index (χ0v) is 12.9. The number of nitrogens with zero attached hydrogens (tertiary/aromatic N) is 2. The molecule has 1 unspecified atom stereocenters. The minimum Gasteiger partial charge on any atom is -0.376 e. The summed E-state index contributed by atoms with van der Waals surface area (Å²) >= 11 is 2.25. The van der Waals surface area contributed by atoms with Crippen molar-refractivity contribution >= 4 is 28.5 Å². The van der Waals surface area contributed by atoms with Gasteiger partial charge in [0.25, 0.3) is 0 Å². The van der Waals surface area contributed by atoms with Gasteiger partial charge in [0.15, 0.2) is 0 Å². The first-order valence-corrected chi connectivity index (χ1v) is 7.23. The Morgan fingerprint density at radius 1 is 1.61 bits per heavy atom. The second-order valence-corrected chi connectivity index (χ2v) is 5.66. The van der Waals surface area contributed by atoms with Crippen LogP contribution in [-0.2, 0) is 16.1 Å². The highest BCUT2D eigenvalue weighted by molar-refractivity contribution is 14.1. The van der Waals surface area contributed by atoms with Gasteiger partial charge in [-0.3, -0.25) is 9.48 Å². The summed E-state index contributed by atoms with van der Waals surface area (Å²) in [5, 5.41) is 7.25. The molecule has 1 saturated heterocycles. The molecule has 5 nitrogen and oxygen atoms in total. The molecule has 2 rings (SSSR count). The highest BCUT2D eigenvalue weighted by Crippen LogP contribution is 2.15. The first kappa shape index (κ1) is 13.8. The lowest BCUT2D eigenvalue weighted by atomic mass is 10.2. The van der Waals surface area contributed by atoms with Gasteiger partial charge in [0, 0.05) is 18.8 Å². The van der Waals surface area contributed by atoms with Crippen molar-refractivity contribution in [3.63, 3.8) is 0 Å². The summed E-state index contributed by atoms with van der Waals surface area (Å²) in [5.74, 6) is -0.00694. The van der Waals surface area contributed by atoms with Gasteiger partial charge in [0.05, 0.1) is 15.4 Å². The topological polar surface area (TPSA) is 56.2 Å². The van der Waals surface area contributed by atoms with Gasteiger partial charge in [0.1, 0.15) is 6.54 Å². The molecule has 2 heterocycles. The maximum atomic E-state index is 11.8. The minimum absolute atomic E-state index is 0.00694. The smallest absolute Gasteiger partial charge is 0.241 e. The van der Waals surface area contributed by atoms with E-state index in [1.807, 2.05) is 13.8 Å². The third-order valence-corrected chi connectivity index (χ3v) is 4.70. The van der Waals surface area contributed by atoms with Crippen molar-refractivity contribution < 1.29 is 9.53 Å². The van der Waals surface area contributed by atoms with Crippen molar-refractivity contribution in [3.05, 3.63) is 15.0 Å². The number of aromatic nitrogens is 2. The first-order valence-electron chi connectivity index (χ1n) is 6.15. The van der Waals surface area contributed by atoms with Crippen LogP contribution < -0.4 is 5.32 Å². The van der Waals surface area contributed by atoms with Gasteiger partial charge in [-0.1, -0.05) is 0 Å². The van der Waals surface area contributed by atoms with Crippen LogP contribution in [0.15, 0.2) is 0 Å². The summed E-state index contributed by atoms with van der Waals surface area (Å²) in [6.07, 6.45) is 2.32. The van der Waals surface area contributed by atoms with Crippen molar-refractivity contribution in [2.75, 3.05) is 13.2 Å². The van der Waals surface area contributed by atoms with Crippen molar-refractivity contribution in [3.8, 4) is 0 Å². The number of amides is 1. The molecule has 0 aliphatic carbocycles. The zero-order valence-electron chi connectivity index (χ0n) is 10.7. The van der Waals surface area contributed by atoms with Crippen LogP contribution in [0.1, 0.15) is 24.2 Å². The van der Waals surface area contributed by atoms with Gasteiger partial charge in [-0.2, -0.15) is 5.10 Å². The van der Waals surface area contributed by atoms with E-state index in [-0.39, 0.29) is 18.6 Å². The van der Waals surface area contributed by atoms with Crippen LogP contribution in [0.4, 0.5) is 0 Å². The average Bonchev–Trinajstić information content (AvgIpc) is 2.93. The molecule has 0 saturated carbocycles. The van der Waals surface area contributed by atoms with Crippen LogP contribution in [0.25, 0.3) is 0 Å². The van der Waals surface area contributed by atoms with E-state index in [0.717, 1.165) is 34.4 Å². The number of halogens is 1. The summed E-state index contributed by atoms with van der Waals surface area (Å²) in [7, 11) is 0. The lowest BCUT2D eigenvalue weighted by Gasteiger charge is -2.11. The Morgan fingerprint density at radius 3 is 2.94 bits per heavy atom. The molecule has 1 amide bonds. The molecule has 1 atom stereocenters. The number of hydrogen-bond donors (Lipinski definition) is 1. The number of nitrogens with one attached hydrogen (secondary N) is 1. The summed E-state index contributed by atoms with van der Waals surface area (Å²) in [6.45, 7) is 5.64. The molecule has 0 radical (unpaired) electrons. The molecule has 0 spiro atoms. The Morgan fingerprint density at radius 2 is 2.39 bits per heavy atom. The highest BCUT2D eigenvalue weighted by Gasteiger charge is 2.17. The third-order valence-electron chi connectivity index (χ3n) is 3.14. The summed E-state index contributed by atoms with van der Waals surface area (Å²) in [6, 6.07) is 0. The summed E-state index contributed by atoms with van der Waals surface area (Å²) < 4.78 is 8.34. The van der Waals surface area contributed by atoms with E-state index in [1.165, 1.54) is 0 Å². The predicted molar refractivity (Wildman–Crippen MR) is 76.4 cm³/mol. The largest absolute Gasteiger partial charge is 0.376 e. The minimum atomic E-state index is -0.00694. The molecule has 0 bridgehead atoms. The van der Waals surface area contributed by atoms with E-state index in [2.05, 4.69) is 33.0 Å². The fourth-order valence-electron chi connectivity index (χ4n) is 2.05. The van der Waals surface area contributed by atoms with Crippen LogP contribution in [0, 0.1) is 17.4 Å². The number of hydrogen-bond acceptors (Lipinski definition) is 3. The van der Waals surface area contributed by atoms with Gasteiger partial charge in [0.2, 0.25) is 5.91 Å². The fraction of sp³-hybridized carbons (Fsp3) is 0.667. The van der Waals surface area contributed by atoms with Crippen LogP contribution in [0.5, 0.6) is 0 Å². The molecule has 1 N–H and O–H groups in total. The van der Waals surface area contributed by atoms with E-state index in [4.69, 9.17) is 4.74 Å². The second-order valence-electron chi connectivity index (χ2n) is 4.58. The van der Waals surface area contributed by atoms with Crippen molar-refractivity contribution in [2.45, 2.75) is 39.3 Å². The number of aryl methyl sites for hydroxylation is 1. The van der Waals surface area contributed by atoms with Crippen LogP contribution in [0.2, 0.25) is 0 Å². The van der Waals surface area contributed by atoms with Gasteiger partial charge in [-0.15, -0.1) is 0 Å². The van der Waals surface area contributed by atoms with Crippen molar-refractivity contribution in [1.29, 1.82) is 0 Å². The van der Waals surface area contributed by atoms with E-state index in [9.17, 15) is 4.79 Å². The van der Waals surface area contributed by atoms with Crippen LogP contribution >= 0.6 is 22.6 Å². The van der Waals surface area contributed by atoms with Gasteiger partial charge in [-0.05, 0) is 49.3 Å². The fourth-order valence-corrected chi connectivity index (χ4v) is 2.44. The monoisotopic (exact) mass is 363 g/mol. The van der Waals surface area contributed by atoms with Crippen LogP contribution in [0.3, 0.4) is 0 Å². The lowest BCUT2D eigenvalue weighted by Crippen LogP contribution is -2.34. The number of carbonyl (C=O) groups is 1. The third kappa shape index (κ3) is 3.23. The molecule has 1 aromatic rings. The van der Waals surface area contributed by atoms with Crippen molar-refractivity contribution in [1.82, 2.24) is 15.1 Å². The van der Waals surface area contributed by atoms with Gasteiger partial charge in [-0.25, -0.2) is 0 Å². The van der Waals surface area contributed by atoms with Crippen molar-refractivity contribution in [2.24, 2.45) is 0 Å². The normalized spacial score (nSPS) is 19.2. The quantitative estimate of drug-likeness (QED) is 0.823.